The quantitative estimate of drug-likeness (QED) is 0.688. The molecule has 3 heterocycles. The normalized spacial score (nSPS) is 17.4. The lowest BCUT2D eigenvalue weighted by Gasteiger charge is -2.27. The van der Waals surface area contributed by atoms with Crippen molar-refractivity contribution in [2.75, 3.05) is 18.9 Å². The molecule has 0 radical (unpaired) electrons. The van der Waals surface area contributed by atoms with Crippen molar-refractivity contribution in [2.45, 2.75) is 0 Å². The maximum atomic E-state index is 12.3. The van der Waals surface area contributed by atoms with E-state index in [0.717, 1.165) is 21.1 Å². The minimum atomic E-state index is -0.933. The van der Waals surface area contributed by atoms with Gasteiger partial charge in [0.05, 0.1) is 5.69 Å². The van der Waals surface area contributed by atoms with Crippen LogP contribution in [-0.4, -0.2) is 45.7 Å². The molecule has 2 N–H and O–H groups in total. The Bertz CT molecular complexity index is 979. The van der Waals surface area contributed by atoms with E-state index in [9.17, 15) is 14.4 Å². The van der Waals surface area contributed by atoms with Crippen LogP contribution in [0.1, 0.15) is 0 Å². The molecule has 4 amide bonds. The molecule has 1 aromatic carbocycles. The lowest BCUT2D eigenvalue weighted by atomic mass is 10.1. The summed E-state index contributed by atoms with van der Waals surface area (Å²) in [6.07, 6.45) is 3.89. The molecule has 1 fully saturated rings. The number of amides is 4. The molecule has 8 nitrogen and oxygen atoms in total. The number of thiazole rings is 1. The monoisotopic (exact) mass is 369 g/mol. The Morgan fingerprint density at radius 3 is 2.81 bits per heavy atom. The average molecular weight is 369 g/mol. The Morgan fingerprint density at radius 2 is 2.08 bits per heavy atom. The third-order valence-electron chi connectivity index (χ3n) is 4.25. The Morgan fingerprint density at radius 1 is 1.31 bits per heavy atom. The number of urea groups is 1. The van der Waals surface area contributed by atoms with Crippen LogP contribution < -0.4 is 10.6 Å². The third kappa shape index (κ3) is 2.82. The summed E-state index contributed by atoms with van der Waals surface area (Å²) in [5.41, 5.74) is 2.35. The number of nitrogens with zero attached hydrogens (tertiary/aromatic N) is 3. The highest BCUT2D eigenvalue weighted by atomic mass is 32.1. The first kappa shape index (κ1) is 16.3. The van der Waals surface area contributed by atoms with Gasteiger partial charge >= 0.3 is 6.03 Å². The van der Waals surface area contributed by atoms with Crippen LogP contribution in [0.15, 0.2) is 42.0 Å². The van der Waals surface area contributed by atoms with Crippen LogP contribution >= 0.6 is 11.3 Å². The van der Waals surface area contributed by atoms with E-state index in [1.807, 2.05) is 34.3 Å². The van der Waals surface area contributed by atoms with Crippen LogP contribution in [0.5, 0.6) is 0 Å². The van der Waals surface area contributed by atoms with E-state index in [0.29, 0.717) is 5.69 Å². The van der Waals surface area contributed by atoms with Crippen LogP contribution in [0.2, 0.25) is 0 Å². The van der Waals surface area contributed by atoms with Gasteiger partial charge in [-0.15, -0.1) is 11.3 Å². The van der Waals surface area contributed by atoms with Gasteiger partial charge in [-0.3, -0.25) is 18.9 Å². The van der Waals surface area contributed by atoms with Crippen LogP contribution in [0.4, 0.5) is 10.5 Å². The molecule has 26 heavy (non-hydrogen) atoms. The minimum absolute atomic E-state index is 0.00266. The van der Waals surface area contributed by atoms with Crippen LogP contribution in [0.25, 0.3) is 16.2 Å². The molecule has 0 spiro atoms. The molecular weight excluding hydrogens is 354 g/mol. The Balaban J connectivity index is 1.47. The second-order valence-corrected chi connectivity index (χ2v) is 6.79. The molecule has 1 unspecified atom stereocenters. The van der Waals surface area contributed by atoms with Crippen LogP contribution in [-0.2, 0) is 9.59 Å². The summed E-state index contributed by atoms with van der Waals surface area (Å²) in [4.78, 5) is 42.2. The summed E-state index contributed by atoms with van der Waals surface area (Å²) < 4.78 is 1.95. The van der Waals surface area contributed by atoms with E-state index in [-0.39, 0.29) is 6.54 Å². The van der Waals surface area contributed by atoms with Gasteiger partial charge in [0, 0.05) is 42.6 Å². The van der Waals surface area contributed by atoms with Crippen LogP contribution in [0, 0.1) is 5.92 Å². The number of hydrogen-bond donors (Lipinski definition) is 2. The maximum Gasteiger partial charge on any atom is 0.323 e. The molecule has 1 atom stereocenters. The lowest BCUT2D eigenvalue weighted by molar-refractivity contribution is -0.138. The van der Waals surface area contributed by atoms with Gasteiger partial charge in [0.1, 0.15) is 5.92 Å². The molecule has 2 aromatic heterocycles. The number of benzene rings is 1. The first-order valence-corrected chi connectivity index (χ1v) is 8.80. The zero-order chi connectivity index (χ0) is 18.3. The number of carbonyl (C=O) groups excluding carboxylic acids is 3. The molecule has 9 heteroatoms. The zero-order valence-corrected chi connectivity index (χ0v) is 14.6. The fourth-order valence-corrected chi connectivity index (χ4v) is 3.45. The van der Waals surface area contributed by atoms with E-state index >= 15 is 0 Å². The van der Waals surface area contributed by atoms with Gasteiger partial charge in [0.25, 0.3) is 0 Å². The van der Waals surface area contributed by atoms with Gasteiger partial charge in [-0.2, -0.15) is 0 Å². The van der Waals surface area contributed by atoms with Crippen molar-refractivity contribution in [3.05, 3.63) is 42.0 Å². The van der Waals surface area contributed by atoms with Crippen molar-refractivity contribution >= 4 is 39.8 Å². The average Bonchev–Trinajstić information content (AvgIpc) is 3.22. The highest BCUT2D eigenvalue weighted by molar-refractivity contribution is 7.15. The van der Waals surface area contributed by atoms with Crippen molar-refractivity contribution < 1.29 is 14.4 Å². The van der Waals surface area contributed by atoms with Crippen molar-refractivity contribution in [3.63, 3.8) is 0 Å². The number of hydrogen-bond acceptors (Lipinski definition) is 5. The van der Waals surface area contributed by atoms with Crippen molar-refractivity contribution in [3.8, 4) is 11.3 Å². The minimum Gasteiger partial charge on any atom is -0.336 e. The number of imidazole rings is 1. The zero-order valence-electron chi connectivity index (χ0n) is 13.8. The predicted molar refractivity (Wildman–Crippen MR) is 96.8 cm³/mol. The molecule has 4 rings (SSSR count). The first-order valence-electron chi connectivity index (χ1n) is 7.92. The van der Waals surface area contributed by atoms with E-state index in [4.69, 9.17) is 0 Å². The summed E-state index contributed by atoms with van der Waals surface area (Å²) in [6.45, 7) is -0.00266. The highest BCUT2D eigenvalue weighted by Gasteiger charge is 2.36. The fourth-order valence-electron chi connectivity index (χ4n) is 2.75. The van der Waals surface area contributed by atoms with E-state index < -0.39 is 23.8 Å². The van der Waals surface area contributed by atoms with Gasteiger partial charge in [0.2, 0.25) is 11.8 Å². The number of carbonyl (C=O) groups is 3. The number of nitrogens with one attached hydrogen (secondary N) is 2. The van der Waals surface area contributed by atoms with Gasteiger partial charge in [-0.05, 0) is 12.1 Å². The Hall–Kier alpha value is -3.20. The molecule has 3 aromatic rings. The number of fused-ring (bicyclic) bond motifs is 1. The van der Waals surface area contributed by atoms with Gasteiger partial charge < -0.3 is 10.6 Å². The van der Waals surface area contributed by atoms with Crippen LogP contribution in [0.3, 0.4) is 0 Å². The molecule has 1 saturated heterocycles. The third-order valence-corrected chi connectivity index (χ3v) is 5.02. The van der Waals surface area contributed by atoms with Crippen molar-refractivity contribution in [1.29, 1.82) is 0 Å². The summed E-state index contributed by atoms with van der Waals surface area (Å²) in [5.74, 6) is -1.89. The number of imide groups is 1. The molecular formula is C17H15N5O3S. The highest BCUT2D eigenvalue weighted by Crippen LogP contribution is 2.23. The summed E-state index contributed by atoms with van der Waals surface area (Å²) in [5, 5.41) is 7.20. The van der Waals surface area contributed by atoms with Gasteiger partial charge in [-0.1, -0.05) is 12.1 Å². The standard InChI is InChI=1S/C17H15N5O3S/c1-21-15(24)12(8-18-16(21)25)14(23)19-11-4-2-10(3-5-11)13-9-22-6-7-26-17(22)20-13/h2-7,9,12H,8H2,1H3,(H,18,25)(H,19,23). The molecule has 0 saturated carbocycles. The SMILES string of the molecule is CN1C(=O)NCC(C(=O)Nc2ccc(-c3cn4ccsc4n3)cc2)C1=O. The number of aromatic nitrogens is 2. The maximum absolute atomic E-state index is 12.3. The second-order valence-electron chi connectivity index (χ2n) is 5.92. The first-order chi connectivity index (χ1) is 12.5. The smallest absolute Gasteiger partial charge is 0.323 e. The van der Waals surface area contributed by atoms with Crippen molar-refractivity contribution in [2.24, 2.45) is 5.92 Å². The summed E-state index contributed by atoms with van der Waals surface area (Å²) >= 11 is 1.56. The van der Waals surface area contributed by atoms with Gasteiger partial charge in [-0.25, -0.2) is 9.78 Å². The molecule has 0 aliphatic carbocycles. The summed E-state index contributed by atoms with van der Waals surface area (Å²) in [7, 11) is 1.35. The topological polar surface area (TPSA) is 95.8 Å². The molecule has 1 aliphatic rings. The number of rotatable bonds is 3. The second kappa shape index (κ2) is 6.26. The molecule has 132 valence electrons. The van der Waals surface area contributed by atoms with Crippen molar-refractivity contribution in [1.82, 2.24) is 19.6 Å². The van der Waals surface area contributed by atoms with E-state index in [1.54, 1.807) is 23.5 Å². The predicted octanol–water partition coefficient (Wildman–Crippen LogP) is 1.80. The Labute approximate surface area is 152 Å². The largest absolute Gasteiger partial charge is 0.336 e. The Kier molecular flexibility index (Phi) is 3.92. The van der Waals surface area contributed by atoms with Gasteiger partial charge in [0.15, 0.2) is 4.96 Å². The summed E-state index contributed by atoms with van der Waals surface area (Å²) in [6, 6.07) is 6.74. The lowest BCUT2D eigenvalue weighted by Crippen LogP contribution is -2.56. The molecule has 0 bridgehead atoms. The molecule has 1 aliphatic heterocycles. The number of anilines is 1. The fraction of sp³-hybridized carbons (Fsp3) is 0.176. The van der Waals surface area contributed by atoms with E-state index in [2.05, 4.69) is 15.6 Å². The van der Waals surface area contributed by atoms with E-state index in [1.165, 1.54) is 7.05 Å².